The third-order valence-corrected chi connectivity index (χ3v) is 17.4. The maximum absolute atomic E-state index is 14.1. The van der Waals surface area contributed by atoms with E-state index in [0.717, 1.165) is 61.1 Å². The van der Waals surface area contributed by atoms with Crippen molar-refractivity contribution in [3.05, 3.63) is 117 Å². The van der Waals surface area contributed by atoms with Crippen molar-refractivity contribution in [2.45, 2.75) is 44.4 Å². The minimum absolute atomic E-state index is 0.0549. The first-order valence-electron chi connectivity index (χ1n) is 22.5. The lowest BCUT2D eigenvalue weighted by molar-refractivity contribution is -0.386. The molecule has 5 aromatic rings. The summed E-state index contributed by atoms with van der Waals surface area (Å²) in [5, 5.41) is 13.9. The lowest BCUT2D eigenvalue weighted by atomic mass is 9.72. The number of nitrogens with zero attached hydrogens (tertiary/aromatic N) is 5. The van der Waals surface area contributed by atoms with Gasteiger partial charge in [0.2, 0.25) is 0 Å². The number of fused-ring (bicyclic) bond motifs is 2. The van der Waals surface area contributed by atoms with E-state index in [0.29, 0.717) is 68.4 Å². The second kappa shape index (κ2) is 18.4. The van der Waals surface area contributed by atoms with Crippen LogP contribution in [0.25, 0.3) is 16.6 Å². The standard InChI is InChI=1S/C48H55ClN7O8PS/c1-48(2)12-10-35(42(27-48)33-4-6-36(49)7-5-33)30-53-14-16-55(17-15-53)37-8-9-40(45(24-37)64-38-23-34-11-13-50-46(34)51-28-38)47(57)52-66(61,62)39-25-43(56(58)59)41-22-32(31-63-44(41)26-39)29-54-18-20-65(3,60)21-19-54/h4-9,11,13,23-26,28,32H,10,12,14-22,27,29-31H2,1-3H3,(H,50,51)(H,52,57)/t32-/m1/s1. The summed E-state index contributed by atoms with van der Waals surface area (Å²) < 4.78 is 54.9. The number of nitro benzene ring substituents is 1. The smallest absolute Gasteiger partial charge is 0.277 e. The second-order valence-electron chi connectivity index (χ2n) is 19.1. The van der Waals surface area contributed by atoms with Crippen LogP contribution in [0.5, 0.6) is 17.2 Å². The van der Waals surface area contributed by atoms with Gasteiger partial charge in [-0.25, -0.2) is 18.1 Å². The van der Waals surface area contributed by atoms with Crippen LogP contribution in [0.2, 0.25) is 5.02 Å². The Hall–Kier alpha value is -5.25. The zero-order valence-electron chi connectivity index (χ0n) is 37.4. The summed E-state index contributed by atoms with van der Waals surface area (Å²) in [5.74, 6) is -0.507. The fourth-order valence-electron chi connectivity index (χ4n) is 9.62. The van der Waals surface area contributed by atoms with Crippen LogP contribution >= 0.6 is 18.7 Å². The van der Waals surface area contributed by atoms with Crippen LogP contribution in [0.15, 0.2) is 89.6 Å². The van der Waals surface area contributed by atoms with Crippen molar-refractivity contribution in [3.63, 3.8) is 0 Å². The van der Waals surface area contributed by atoms with E-state index in [4.69, 9.17) is 21.1 Å². The average molecular weight is 957 g/mol. The molecule has 9 rings (SSSR count). The fourth-order valence-corrected chi connectivity index (χ4v) is 12.4. The van der Waals surface area contributed by atoms with Crippen molar-refractivity contribution in [1.82, 2.24) is 24.5 Å². The molecular weight excluding hydrogens is 901 g/mol. The van der Waals surface area contributed by atoms with Gasteiger partial charge >= 0.3 is 0 Å². The maximum Gasteiger partial charge on any atom is 0.277 e. The number of hydrogen-bond donors (Lipinski definition) is 2. The first-order chi connectivity index (χ1) is 31.5. The number of halogens is 1. The number of rotatable bonds is 12. The molecule has 2 saturated heterocycles. The Morgan fingerprint density at radius 2 is 1.79 bits per heavy atom. The highest BCUT2D eigenvalue weighted by Crippen LogP contribution is 2.45. The van der Waals surface area contributed by atoms with Crippen LogP contribution in [0.3, 0.4) is 0 Å². The van der Waals surface area contributed by atoms with Crippen molar-refractivity contribution in [2.75, 3.05) is 82.9 Å². The van der Waals surface area contributed by atoms with Gasteiger partial charge in [-0.15, -0.1) is 0 Å². The Morgan fingerprint density at radius 3 is 2.53 bits per heavy atom. The predicted molar refractivity (Wildman–Crippen MR) is 257 cm³/mol. The highest BCUT2D eigenvalue weighted by atomic mass is 35.5. The van der Waals surface area contributed by atoms with Gasteiger partial charge in [-0.2, -0.15) is 0 Å². The Kier molecular flexibility index (Phi) is 12.8. The summed E-state index contributed by atoms with van der Waals surface area (Å²) in [5.41, 5.74) is 5.61. The first kappa shape index (κ1) is 45.9. The van der Waals surface area contributed by atoms with Gasteiger partial charge in [-0.3, -0.25) is 19.8 Å². The highest BCUT2D eigenvalue weighted by Gasteiger charge is 2.35. The maximum atomic E-state index is 14.1. The second-order valence-corrected chi connectivity index (χ2v) is 24.7. The van der Waals surface area contributed by atoms with Gasteiger partial charge < -0.3 is 28.8 Å². The van der Waals surface area contributed by atoms with Gasteiger partial charge in [-0.05, 0) is 85.3 Å². The number of carbonyl (C=O) groups is 1. The largest absolute Gasteiger partial charge is 0.493 e. The van der Waals surface area contributed by atoms with E-state index in [1.54, 1.807) is 24.4 Å². The average Bonchev–Trinajstić information content (AvgIpc) is 3.76. The van der Waals surface area contributed by atoms with Crippen LogP contribution in [-0.4, -0.2) is 117 Å². The molecule has 3 aliphatic heterocycles. The van der Waals surface area contributed by atoms with E-state index in [9.17, 15) is 27.9 Å². The molecule has 0 unspecified atom stereocenters. The Morgan fingerprint density at radius 1 is 1.03 bits per heavy atom. The zero-order valence-corrected chi connectivity index (χ0v) is 39.9. The number of carbonyl (C=O) groups excluding carboxylic acids is 1. The molecular formula is C48H55ClN7O8PS. The number of amides is 1. The third kappa shape index (κ3) is 10.3. The molecule has 18 heteroatoms. The summed E-state index contributed by atoms with van der Waals surface area (Å²) in [6.45, 7) is 12.6. The number of nitro groups is 1. The van der Waals surface area contributed by atoms with Crippen LogP contribution in [0, 0.1) is 21.4 Å². The van der Waals surface area contributed by atoms with E-state index < -0.39 is 38.6 Å². The summed E-state index contributed by atoms with van der Waals surface area (Å²) in [6.07, 6.45) is 8.03. The molecule has 348 valence electrons. The van der Waals surface area contributed by atoms with Gasteiger partial charge in [-0.1, -0.05) is 43.2 Å². The molecule has 2 aromatic heterocycles. The molecule has 0 bridgehead atoms. The van der Waals surface area contributed by atoms with Crippen molar-refractivity contribution in [1.29, 1.82) is 0 Å². The van der Waals surface area contributed by atoms with Crippen molar-refractivity contribution < 1.29 is 32.2 Å². The summed E-state index contributed by atoms with van der Waals surface area (Å²) in [6, 6.07) is 19.1. The normalized spacial score (nSPS) is 20.1. The van der Waals surface area contributed by atoms with E-state index >= 15 is 0 Å². The number of ether oxygens (including phenoxy) is 2. The molecule has 4 aliphatic rings. The van der Waals surface area contributed by atoms with E-state index in [-0.39, 0.29) is 35.0 Å². The molecule has 1 aliphatic carbocycles. The molecule has 3 aromatic carbocycles. The molecule has 5 heterocycles. The molecule has 1 amide bonds. The van der Waals surface area contributed by atoms with Crippen LogP contribution in [0.1, 0.15) is 54.6 Å². The number of pyridine rings is 1. The number of piperazine rings is 1. The number of aromatic amines is 1. The highest BCUT2D eigenvalue weighted by molar-refractivity contribution is 7.90. The summed E-state index contributed by atoms with van der Waals surface area (Å²) >= 11 is 6.25. The number of hydrogen-bond acceptors (Lipinski definition) is 12. The van der Waals surface area contributed by atoms with Crippen molar-refractivity contribution in [3.8, 4) is 17.2 Å². The van der Waals surface area contributed by atoms with E-state index in [1.807, 2.05) is 24.9 Å². The van der Waals surface area contributed by atoms with Crippen LogP contribution < -0.4 is 19.1 Å². The number of H-pyrrole nitrogens is 1. The lowest BCUT2D eigenvalue weighted by Gasteiger charge is -2.39. The fraction of sp³-hybridized carbons (Fsp3) is 0.417. The Bertz CT molecular complexity index is 2870. The van der Waals surface area contributed by atoms with Crippen LogP contribution in [0.4, 0.5) is 11.4 Å². The molecule has 0 spiro atoms. The van der Waals surface area contributed by atoms with Gasteiger partial charge in [0.15, 0.2) is 0 Å². The van der Waals surface area contributed by atoms with Gasteiger partial charge in [0, 0.05) is 111 Å². The SMILES string of the molecule is CC1(C)CCC(CN2CCN(c3ccc(C(=O)NS(=O)(=O)c4cc5c(c([N+](=O)[O-])c4)C[C@H](CN4CCP(C)(=O)CC4)CO5)c(Oc4cnc5[nH]ccc5c4)c3)CC2)=C(c2ccc(Cl)cc2)C1. The molecule has 0 saturated carbocycles. The molecule has 2 N–H and O–H groups in total. The third-order valence-electron chi connectivity index (χ3n) is 13.5. The molecule has 15 nitrogen and oxygen atoms in total. The first-order valence-corrected chi connectivity index (χ1v) is 26.8. The summed E-state index contributed by atoms with van der Waals surface area (Å²) in [4.78, 5) is 39.8. The van der Waals surface area contributed by atoms with Crippen molar-refractivity contribution in [2.24, 2.45) is 11.3 Å². The van der Waals surface area contributed by atoms with Gasteiger partial charge in [0.25, 0.3) is 21.6 Å². The number of allylic oxidation sites excluding steroid dienone is 1. The van der Waals surface area contributed by atoms with Crippen molar-refractivity contribution >= 4 is 62.7 Å². The quantitative estimate of drug-likeness (QED) is 0.0691. The lowest BCUT2D eigenvalue weighted by Crippen LogP contribution is -2.47. The predicted octanol–water partition coefficient (Wildman–Crippen LogP) is 8.68. The minimum Gasteiger partial charge on any atom is -0.493 e. The van der Waals surface area contributed by atoms with Gasteiger partial charge in [0.05, 0.1) is 40.9 Å². The van der Waals surface area contributed by atoms with E-state index in [2.05, 4.69) is 55.4 Å². The Labute approximate surface area is 390 Å². The number of sulfonamides is 1. The number of aromatic nitrogens is 2. The Balaban J connectivity index is 0.930. The molecule has 0 radical (unpaired) electrons. The molecule has 1 atom stereocenters. The number of nitrogens with one attached hydrogen (secondary N) is 2. The number of anilines is 1. The van der Waals surface area contributed by atoms with E-state index in [1.165, 1.54) is 35.0 Å². The molecule has 66 heavy (non-hydrogen) atoms. The summed E-state index contributed by atoms with van der Waals surface area (Å²) in [7, 11) is -6.77. The molecule has 2 fully saturated rings. The topological polar surface area (TPSA) is 180 Å². The van der Waals surface area contributed by atoms with Gasteiger partial charge in [0.1, 0.15) is 22.9 Å². The minimum atomic E-state index is -4.65. The monoisotopic (exact) mass is 955 g/mol. The van der Waals surface area contributed by atoms with Crippen LogP contribution in [-0.2, 0) is 21.0 Å². The number of benzene rings is 3. The zero-order chi connectivity index (χ0) is 46.4.